The Bertz CT molecular complexity index is 762. The average Bonchev–Trinajstić information content (AvgIpc) is 2.69. The molecule has 2 rings (SSSR count). The van der Waals surface area contributed by atoms with Gasteiger partial charge < -0.3 is 10.1 Å². The summed E-state index contributed by atoms with van der Waals surface area (Å²) in [4.78, 5) is 26.2. The summed E-state index contributed by atoms with van der Waals surface area (Å²) in [5.41, 5.74) is 2.47. The summed E-state index contributed by atoms with van der Waals surface area (Å²) >= 11 is 3.29. The van der Waals surface area contributed by atoms with Gasteiger partial charge in [-0.1, -0.05) is 29.8 Å². The lowest BCUT2D eigenvalue weighted by molar-refractivity contribution is -0.147. The van der Waals surface area contributed by atoms with Gasteiger partial charge in [0.1, 0.15) is 12.6 Å². The Balaban J connectivity index is 1.98. The first-order chi connectivity index (χ1) is 13.0. The molecule has 0 aliphatic heterocycles. The Morgan fingerprint density at radius 3 is 2.48 bits per heavy atom. The highest BCUT2D eigenvalue weighted by Gasteiger charge is 2.22. The molecule has 6 heteroatoms. The zero-order chi connectivity index (χ0) is 19.6. The summed E-state index contributed by atoms with van der Waals surface area (Å²) in [6.45, 7) is 2.13. The number of thioether (sulfide) groups is 2. The second kappa shape index (κ2) is 11.0. The van der Waals surface area contributed by atoms with Gasteiger partial charge in [-0.25, -0.2) is 4.79 Å². The highest BCUT2D eigenvalue weighted by atomic mass is 32.2. The first kappa shape index (κ1) is 21.4. The SMILES string of the molecule is CSCC[C@H](NC(=O)c1cccc(C)c1)C(=O)OCc1ccc(SC)cc1. The molecular weight excluding hydrogens is 378 g/mol. The minimum absolute atomic E-state index is 0.198. The molecule has 0 aromatic heterocycles. The molecule has 0 unspecified atom stereocenters. The lowest BCUT2D eigenvalue weighted by Crippen LogP contribution is -2.42. The number of benzene rings is 2. The largest absolute Gasteiger partial charge is 0.459 e. The van der Waals surface area contributed by atoms with Crippen LogP contribution in [0.4, 0.5) is 0 Å². The number of carbonyl (C=O) groups excluding carboxylic acids is 2. The Morgan fingerprint density at radius 1 is 1.11 bits per heavy atom. The molecule has 0 spiro atoms. The standard InChI is InChI=1S/C21H25NO3S2/c1-15-5-4-6-17(13-15)20(23)22-19(11-12-26-2)21(24)25-14-16-7-9-18(27-3)10-8-16/h4-10,13,19H,11-12,14H2,1-3H3,(H,22,23)/t19-/m0/s1. The van der Waals surface area contributed by atoms with Gasteiger partial charge in [0.2, 0.25) is 0 Å². The number of aryl methyl sites for hydroxylation is 1. The average molecular weight is 404 g/mol. The molecule has 4 nitrogen and oxygen atoms in total. The van der Waals surface area contributed by atoms with Gasteiger partial charge in [0.25, 0.3) is 5.91 Å². The van der Waals surface area contributed by atoms with E-state index in [1.807, 2.05) is 55.8 Å². The number of rotatable bonds is 9. The number of nitrogens with one attached hydrogen (secondary N) is 1. The third-order valence-electron chi connectivity index (χ3n) is 4.02. The first-order valence-corrected chi connectivity index (χ1v) is 11.3. The molecular formula is C21H25NO3S2. The summed E-state index contributed by atoms with van der Waals surface area (Å²) in [5.74, 6) is 0.0982. The summed E-state index contributed by atoms with van der Waals surface area (Å²) in [6, 6.07) is 14.5. The van der Waals surface area contributed by atoms with Gasteiger partial charge >= 0.3 is 5.97 Å². The van der Waals surface area contributed by atoms with Crippen LogP contribution in [-0.2, 0) is 16.1 Å². The summed E-state index contributed by atoms with van der Waals surface area (Å²) in [6.07, 6.45) is 4.52. The molecule has 0 aliphatic rings. The van der Waals surface area contributed by atoms with E-state index in [-0.39, 0.29) is 12.5 Å². The van der Waals surface area contributed by atoms with Crippen LogP contribution in [0, 0.1) is 6.92 Å². The fraction of sp³-hybridized carbons (Fsp3) is 0.333. The Hall–Kier alpha value is -1.92. The monoisotopic (exact) mass is 403 g/mol. The van der Waals surface area contributed by atoms with E-state index in [2.05, 4.69) is 5.32 Å². The molecule has 0 saturated carbocycles. The van der Waals surface area contributed by atoms with E-state index in [9.17, 15) is 9.59 Å². The molecule has 1 atom stereocenters. The van der Waals surface area contributed by atoms with Gasteiger partial charge in [0.15, 0.2) is 0 Å². The Morgan fingerprint density at radius 2 is 1.85 bits per heavy atom. The van der Waals surface area contributed by atoms with Crippen molar-refractivity contribution in [2.24, 2.45) is 0 Å². The van der Waals surface area contributed by atoms with Crippen molar-refractivity contribution in [1.29, 1.82) is 0 Å². The smallest absolute Gasteiger partial charge is 0.329 e. The zero-order valence-electron chi connectivity index (χ0n) is 15.9. The van der Waals surface area contributed by atoms with Crippen LogP contribution in [0.15, 0.2) is 53.4 Å². The minimum Gasteiger partial charge on any atom is -0.459 e. The maximum absolute atomic E-state index is 12.5. The molecule has 2 aromatic carbocycles. The van der Waals surface area contributed by atoms with Crippen molar-refractivity contribution in [3.8, 4) is 0 Å². The van der Waals surface area contributed by atoms with Crippen molar-refractivity contribution in [1.82, 2.24) is 5.32 Å². The molecule has 0 aliphatic carbocycles. The second-order valence-electron chi connectivity index (χ2n) is 6.13. The minimum atomic E-state index is -0.657. The molecule has 0 heterocycles. The molecule has 2 aromatic rings. The predicted molar refractivity (Wildman–Crippen MR) is 113 cm³/mol. The number of hydrogen-bond donors (Lipinski definition) is 1. The van der Waals surface area contributed by atoms with Crippen LogP contribution in [0.3, 0.4) is 0 Å². The van der Waals surface area contributed by atoms with Gasteiger partial charge in [0.05, 0.1) is 0 Å². The third kappa shape index (κ3) is 6.96. The van der Waals surface area contributed by atoms with Gasteiger partial charge in [-0.2, -0.15) is 11.8 Å². The molecule has 1 N–H and O–H groups in total. The third-order valence-corrected chi connectivity index (χ3v) is 5.41. The van der Waals surface area contributed by atoms with Crippen LogP contribution < -0.4 is 5.32 Å². The number of esters is 1. The molecule has 0 bridgehead atoms. The van der Waals surface area contributed by atoms with Crippen molar-refractivity contribution in [3.63, 3.8) is 0 Å². The lowest BCUT2D eigenvalue weighted by atomic mass is 10.1. The van der Waals surface area contributed by atoms with E-state index in [4.69, 9.17) is 4.74 Å². The summed E-state index contributed by atoms with van der Waals surface area (Å²) in [7, 11) is 0. The maximum atomic E-state index is 12.5. The van der Waals surface area contributed by atoms with Crippen LogP contribution >= 0.6 is 23.5 Å². The van der Waals surface area contributed by atoms with E-state index in [0.717, 1.165) is 21.8 Å². The number of carbonyl (C=O) groups is 2. The van der Waals surface area contributed by atoms with Crippen molar-refractivity contribution in [2.75, 3.05) is 18.3 Å². The van der Waals surface area contributed by atoms with E-state index in [1.54, 1.807) is 35.7 Å². The van der Waals surface area contributed by atoms with Crippen LogP contribution in [0.5, 0.6) is 0 Å². The molecule has 27 heavy (non-hydrogen) atoms. The normalized spacial score (nSPS) is 11.7. The van der Waals surface area contributed by atoms with Crippen molar-refractivity contribution in [2.45, 2.75) is 30.9 Å². The van der Waals surface area contributed by atoms with Gasteiger partial charge in [-0.05, 0) is 61.4 Å². The fourth-order valence-electron chi connectivity index (χ4n) is 2.49. The van der Waals surface area contributed by atoms with Gasteiger partial charge in [0, 0.05) is 10.5 Å². The summed E-state index contributed by atoms with van der Waals surface area (Å²) < 4.78 is 5.45. The Kier molecular flexibility index (Phi) is 8.75. The van der Waals surface area contributed by atoms with Crippen LogP contribution in [0.25, 0.3) is 0 Å². The number of ether oxygens (including phenoxy) is 1. The van der Waals surface area contributed by atoms with Crippen LogP contribution in [0.2, 0.25) is 0 Å². The van der Waals surface area contributed by atoms with Crippen molar-refractivity contribution >= 4 is 35.4 Å². The highest BCUT2D eigenvalue weighted by molar-refractivity contribution is 7.98. The number of amides is 1. The van der Waals surface area contributed by atoms with Crippen LogP contribution in [-0.4, -0.2) is 36.2 Å². The van der Waals surface area contributed by atoms with Crippen LogP contribution in [0.1, 0.15) is 27.9 Å². The number of hydrogen-bond acceptors (Lipinski definition) is 5. The van der Waals surface area contributed by atoms with E-state index in [0.29, 0.717) is 12.0 Å². The van der Waals surface area contributed by atoms with Gasteiger partial charge in [-0.3, -0.25) is 4.79 Å². The predicted octanol–water partition coefficient (Wildman–Crippen LogP) is 4.31. The lowest BCUT2D eigenvalue weighted by Gasteiger charge is -2.17. The maximum Gasteiger partial charge on any atom is 0.329 e. The quantitative estimate of drug-likeness (QED) is 0.499. The molecule has 1 amide bonds. The molecule has 144 valence electrons. The van der Waals surface area contributed by atoms with E-state index < -0.39 is 12.0 Å². The molecule has 0 saturated heterocycles. The topological polar surface area (TPSA) is 55.4 Å². The zero-order valence-corrected chi connectivity index (χ0v) is 17.5. The molecule has 0 fully saturated rings. The van der Waals surface area contributed by atoms with E-state index >= 15 is 0 Å². The molecule has 0 radical (unpaired) electrons. The highest BCUT2D eigenvalue weighted by Crippen LogP contribution is 2.15. The second-order valence-corrected chi connectivity index (χ2v) is 8.00. The fourth-order valence-corrected chi connectivity index (χ4v) is 3.37. The Labute approximate surface area is 169 Å². The van der Waals surface area contributed by atoms with E-state index in [1.165, 1.54) is 0 Å². The van der Waals surface area contributed by atoms with Gasteiger partial charge in [-0.15, -0.1) is 11.8 Å². The first-order valence-electron chi connectivity index (χ1n) is 8.69. The van der Waals surface area contributed by atoms with Crippen molar-refractivity contribution in [3.05, 3.63) is 65.2 Å². The summed E-state index contributed by atoms with van der Waals surface area (Å²) in [5, 5.41) is 2.82. The van der Waals surface area contributed by atoms with Crippen molar-refractivity contribution < 1.29 is 14.3 Å².